The predicted octanol–water partition coefficient (Wildman–Crippen LogP) is -2.63. The lowest BCUT2D eigenvalue weighted by Crippen LogP contribution is -2.84. The minimum atomic E-state index is -0.832. The highest BCUT2D eigenvalue weighted by Gasteiger charge is 2.13. The van der Waals surface area contributed by atoms with Gasteiger partial charge in [-0.1, -0.05) is 0 Å². The van der Waals surface area contributed by atoms with Crippen LogP contribution in [0.4, 0.5) is 0 Å². The minimum Gasteiger partial charge on any atom is -0.477 e. The zero-order valence-electron chi connectivity index (χ0n) is 7.20. The van der Waals surface area contributed by atoms with E-state index < -0.39 is 12.0 Å². The Morgan fingerprint density at radius 1 is 1.50 bits per heavy atom. The van der Waals surface area contributed by atoms with Gasteiger partial charge in [0, 0.05) is 6.42 Å². The first-order valence-corrected chi connectivity index (χ1v) is 4.17. The van der Waals surface area contributed by atoms with E-state index in [9.17, 15) is 4.79 Å². The summed E-state index contributed by atoms with van der Waals surface area (Å²) in [6, 6.07) is -0.487. The number of unbranched alkanes of at least 4 members (excludes halogenated alkanes) is 1. The molecule has 5 heteroatoms. The molecule has 0 aromatic rings. The van der Waals surface area contributed by atoms with E-state index in [1.165, 1.54) is 0 Å². The lowest BCUT2D eigenvalue weighted by Gasteiger charge is -2.01. The van der Waals surface area contributed by atoms with Crippen LogP contribution in [-0.4, -0.2) is 35.5 Å². The normalized spacial score (nSPS) is 12.8. The molecule has 0 aromatic carbocycles. The Morgan fingerprint density at radius 3 is 2.67 bits per heavy atom. The second kappa shape index (κ2) is 7.02. The monoisotopic (exact) mass is 178 g/mol. The molecule has 12 heavy (non-hydrogen) atoms. The number of carboxylic acid groups (broad SMARTS) is 1. The third kappa shape index (κ3) is 6.09. The summed E-state index contributed by atoms with van der Waals surface area (Å²) < 4.78 is 0. The molecule has 0 aromatic heterocycles. The van der Waals surface area contributed by atoms with Crippen LogP contribution in [0.15, 0.2) is 0 Å². The number of hydrogen-bond acceptors (Lipinski definition) is 2. The Bertz CT molecular complexity index is 130. The van der Waals surface area contributed by atoms with Gasteiger partial charge >= 0.3 is 5.97 Å². The van der Waals surface area contributed by atoms with E-state index in [2.05, 4.69) is 5.73 Å². The highest BCUT2D eigenvalue weighted by Crippen LogP contribution is 1.95. The quantitative estimate of drug-likeness (QED) is 0.253. The summed E-state index contributed by atoms with van der Waals surface area (Å²) in [6.45, 7) is 0.954. The van der Waals surface area contributed by atoms with Crippen molar-refractivity contribution in [2.24, 2.45) is 0 Å². The van der Waals surface area contributed by atoms with Gasteiger partial charge in [-0.15, -0.1) is 0 Å². The number of nitrogens with two attached hydrogens (primary N) is 1. The Balaban J connectivity index is 3.14. The zero-order chi connectivity index (χ0) is 9.40. The van der Waals surface area contributed by atoms with Crippen LogP contribution in [0.2, 0.25) is 0 Å². The third-order valence-electron chi connectivity index (χ3n) is 1.69. The average molecular weight is 178 g/mol. The van der Waals surface area contributed by atoms with Crippen molar-refractivity contribution in [3.63, 3.8) is 0 Å². The van der Waals surface area contributed by atoms with Crippen LogP contribution in [0.5, 0.6) is 0 Å². The predicted molar refractivity (Wildman–Crippen MR) is 42.0 cm³/mol. The molecule has 0 aliphatic carbocycles. The van der Waals surface area contributed by atoms with E-state index in [1.807, 2.05) is 0 Å². The van der Waals surface area contributed by atoms with Gasteiger partial charge in [-0.25, -0.2) is 4.79 Å². The summed E-state index contributed by atoms with van der Waals surface area (Å²) in [7, 11) is 0. The van der Waals surface area contributed by atoms with Crippen LogP contribution in [-0.2, 0) is 4.79 Å². The van der Waals surface area contributed by atoms with Crippen molar-refractivity contribution >= 4 is 5.97 Å². The summed E-state index contributed by atoms with van der Waals surface area (Å²) >= 11 is 0. The summed E-state index contributed by atoms with van der Waals surface area (Å²) in [5.41, 5.74) is 3.50. The molecular weight excluding hydrogens is 160 g/mol. The van der Waals surface area contributed by atoms with Crippen molar-refractivity contribution in [3.8, 4) is 0 Å². The molecule has 1 atom stereocenters. The Morgan fingerprint density at radius 2 is 2.17 bits per heavy atom. The highest BCUT2D eigenvalue weighted by atomic mass is 16.4. The maximum Gasteiger partial charge on any atom is 0.362 e. The number of aliphatic hydroxyl groups excluding tert-OH is 1. The third-order valence-corrected chi connectivity index (χ3v) is 1.69. The van der Waals surface area contributed by atoms with Crippen LogP contribution in [0, 0.1) is 0 Å². The lowest BCUT2D eigenvalue weighted by molar-refractivity contribution is -0.684. The van der Waals surface area contributed by atoms with Crippen molar-refractivity contribution in [3.05, 3.63) is 0 Å². The van der Waals surface area contributed by atoms with Crippen LogP contribution in [0.3, 0.4) is 0 Å². The molecule has 0 spiro atoms. The van der Waals surface area contributed by atoms with Crippen molar-refractivity contribution < 1.29 is 26.1 Å². The molecule has 72 valence electrons. The van der Waals surface area contributed by atoms with Crippen LogP contribution < -0.4 is 11.1 Å². The second-order valence-electron chi connectivity index (χ2n) is 2.79. The number of hydrogen-bond donors (Lipinski definition) is 4. The van der Waals surface area contributed by atoms with Gasteiger partial charge in [-0.2, -0.15) is 0 Å². The number of quaternary nitrogens is 2. The highest BCUT2D eigenvalue weighted by molar-refractivity contribution is 5.71. The van der Waals surface area contributed by atoms with E-state index >= 15 is 0 Å². The first kappa shape index (κ1) is 11.4. The van der Waals surface area contributed by atoms with E-state index in [-0.39, 0.29) is 6.73 Å². The summed E-state index contributed by atoms with van der Waals surface area (Å²) in [5, 5.41) is 18.7. The van der Waals surface area contributed by atoms with Crippen LogP contribution in [0.25, 0.3) is 0 Å². The standard InChI is InChI=1S/C7H16N2O3/c8-6(7(11)12)3-1-2-4-9-5-10/h6,9-10H,1-5,8H2,(H,11,12)/p+2. The van der Waals surface area contributed by atoms with Crippen molar-refractivity contribution in [1.29, 1.82) is 0 Å². The van der Waals surface area contributed by atoms with E-state index in [1.54, 1.807) is 5.32 Å². The lowest BCUT2D eigenvalue weighted by atomic mass is 10.1. The molecule has 5 nitrogen and oxygen atoms in total. The van der Waals surface area contributed by atoms with Gasteiger partial charge in [-0.3, -0.25) is 0 Å². The van der Waals surface area contributed by atoms with Crippen molar-refractivity contribution in [1.82, 2.24) is 0 Å². The van der Waals surface area contributed by atoms with Crippen molar-refractivity contribution in [2.75, 3.05) is 13.3 Å². The molecule has 0 radical (unpaired) electrons. The van der Waals surface area contributed by atoms with Gasteiger partial charge in [0.05, 0.1) is 6.54 Å². The SMILES string of the molecule is [NH3+]C(CCCC[NH2+]CO)C(=O)O. The molecule has 0 rings (SSSR count). The Labute approximate surface area is 71.6 Å². The number of rotatable bonds is 7. The van der Waals surface area contributed by atoms with Gasteiger partial charge in [0.1, 0.15) is 0 Å². The molecule has 0 heterocycles. The Kier molecular flexibility index (Phi) is 6.64. The number of aliphatic carboxylic acids is 1. The van der Waals surface area contributed by atoms with Crippen molar-refractivity contribution in [2.45, 2.75) is 25.3 Å². The van der Waals surface area contributed by atoms with E-state index in [4.69, 9.17) is 10.2 Å². The summed E-state index contributed by atoms with van der Waals surface area (Å²) in [6.07, 6.45) is 2.41. The molecule has 0 aliphatic heterocycles. The van der Waals surface area contributed by atoms with Gasteiger partial charge in [0.25, 0.3) is 0 Å². The molecule has 0 aliphatic rings. The smallest absolute Gasteiger partial charge is 0.362 e. The first-order chi connectivity index (χ1) is 5.68. The Hall–Kier alpha value is -0.650. The fraction of sp³-hybridized carbons (Fsp3) is 0.857. The number of carbonyl (C=O) groups is 1. The first-order valence-electron chi connectivity index (χ1n) is 4.17. The van der Waals surface area contributed by atoms with Gasteiger partial charge < -0.3 is 21.3 Å². The number of carboxylic acids is 1. The second-order valence-corrected chi connectivity index (χ2v) is 2.79. The maximum atomic E-state index is 10.3. The maximum absolute atomic E-state index is 10.3. The van der Waals surface area contributed by atoms with Crippen LogP contribution >= 0.6 is 0 Å². The van der Waals surface area contributed by atoms with E-state index in [0.717, 1.165) is 19.4 Å². The van der Waals surface area contributed by atoms with Gasteiger partial charge in [0.2, 0.25) is 0 Å². The fourth-order valence-corrected chi connectivity index (χ4v) is 0.894. The number of aliphatic hydroxyl groups is 1. The largest absolute Gasteiger partial charge is 0.477 e. The van der Waals surface area contributed by atoms with Gasteiger partial charge in [0.15, 0.2) is 12.8 Å². The fourth-order valence-electron chi connectivity index (χ4n) is 0.894. The van der Waals surface area contributed by atoms with E-state index in [0.29, 0.717) is 6.42 Å². The molecule has 0 amide bonds. The molecule has 0 saturated carbocycles. The molecule has 0 fully saturated rings. The molecule has 7 N–H and O–H groups in total. The topological polar surface area (TPSA) is 102 Å². The molecular formula is C7H18N2O3+2. The zero-order valence-corrected chi connectivity index (χ0v) is 7.20. The van der Waals surface area contributed by atoms with Gasteiger partial charge in [-0.05, 0) is 12.8 Å². The average Bonchev–Trinajstić information content (AvgIpc) is 2.03. The molecule has 0 saturated heterocycles. The minimum absolute atomic E-state index is 0.104. The summed E-state index contributed by atoms with van der Waals surface area (Å²) in [5.74, 6) is -0.832. The molecule has 1 unspecified atom stereocenters. The summed E-state index contributed by atoms with van der Waals surface area (Å²) in [4.78, 5) is 10.3. The molecule has 0 bridgehead atoms. The van der Waals surface area contributed by atoms with Crippen LogP contribution in [0.1, 0.15) is 19.3 Å².